The zero-order valence-electron chi connectivity index (χ0n) is 19.0. The molecular formula is C22H35N5O3S. The van der Waals surface area contributed by atoms with Crippen LogP contribution in [0.5, 0.6) is 0 Å². The molecule has 8 nitrogen and oxygen atoms in total. The molecule has 0 saturated carbocycles. The summed E-state index contributed by atoms with van der Waals surface area (Å²) in [6.07, 6.45) is 0.730. The number of nitrogens with one attached hydrogen (secondary N) is 1. The number of hydrogen-bond donors (Lipinski definition) is 3. The zero-order valence-corrected chi connectivity index (χ0v) is 19.8. The molecule has 1 aromatic heterocycles. The summed E-state index contributed by atoms with van der Waals surface area (Å²) in [5.41, 5.74) is 3.74. The maximum atomic E-state index is 10.7. The predicted octanol–water partition coefficient (Wildman–Crippen LogP) is 3.53. The minimum atomic E-state index is -2.77. The van der Waals surface area contributed by atoms with Crippen LogP contribution in [0.25, 0.3) is 11.4 Å². The third-order valence-electron chi connectivity index (χ3n) is 5.31. The highest BCUT2D eigenvalue weighted by atomic mass is 32.3. The van der Waals surface area contributed by atoms with E-state index >= 15 is 0 Å². The van der Waals surface area contributed by atoms with Crippen molar-refractivity contribution in [2.75, 3.05) is 70.0 Å². The van der Waals surface area contributed by atoms with Gasteiger partial charge < -0.3 is 19.9 Å². The molecule has 0 bridgehead atoms. The first kappa shape index (κ1) is 23.7. The van der Waals surface area contributed by atoms with Crippen LogP contribution >= 0.6 is 10.6 Å². The summed E-state index contributed by atoms with van der Waals surface area (Å²) in [5.74, 6) is 1.92. The number of morpholine rings is 1. The summed E-state index contributed by atoms with van der Waals surface area (Å²) in [4.78, 5) is 13.8. The third kappa shape index (κ3) is 6.78. The Morgan fingerprint density at radius 1 is 1.16 bits per heavy atom. The molecule has 172 valence electrons. The molecule has 3 N–H and O–H groups in total. The molecule has 0 radical (unpaired) electrons. The average molecular weight is 450 g/mol. The van der Waals surface area contributed by atoms with Crippen molar-refractivity contribution in [1.82, 2.24) is 14.9 Å². The highest BCUT2D eigenvalue weighted by Crippen LogP contribution is 2.43. The number of aryl methyl sites for hydroxylation is 1. The van der Waals surface area contributed by atoms with Gasteiger partial charge in [0.1, 0.15) is 5.82 Å². The maximum absolute atomic E-state index is 10.7. The highest BCUT2D eigenvalue weighted by Gasteiger charge is 2.20. The zero-order chi connectivity index (χ0) is 22.4. The lowest BCUT2D eigenvalue weighted by molar-refractivity contribution is 0.122. The number of benzene rings is 1. The lowest BCUT2D eigenvalue weighted by atomic mass is 10.1. The Morgan fingerprint density at radius 3 is 2.55 bits per heavy atom. The Hall–Kier alpha value is -1.91. The highest BCUT2D eigenvalue weighted by molar-refractivity contribution is 8.23. The first-order chi connectivity index (χ1) is 14.8. The van der Waals surface area contributed by atoms with Gasteiger partial charge in [0.05, 0.1) is 24.7 Å². The molecule has 2 aromatic rings. The van der Waals surface area contributed by atoms with Crippen LogP contribution in [0.1, 0.15) is 17.7 Å². The Kier molecular flexibility index (Phi) is 8.12. The first-order valence-electron chi connectivity index (χ1n) is 10.6. The summed E-state index contributed by atoms with van der Waals surface area (Å²) in [5, 5.41) is 3.18. The molecule has 0 atom stereocenters. The normalized spacial score (nSPS) is 15.4. The van der Waals surface area contributed by atoms with Crippen molar-refractivity contribution in [1.29, 1.82) is 0 Å². The van der Waals surface area contributed by atoms with Gasteiger partial charge in [0.15, 0.2) is 5.82 Å². The molecule has 0 amide bonds. The molecule has 3 rings (SSSR count). The quantitative estimate of drug-likeness (QED) is 0.535. The van der Waals surface area contributed by atoms with Crippen molar-refractivity contribution in [3.63, 3.8) is 0 Å². The van der Waals surface area contributed by atoms with Gasteiger partial charge in [-0.25, -0.2) is 9.97 Å². The van der Waals surface area contributed by atoms with Gasteiger partial charge in [-0.3, -0.25) is 9.11 Å². The van der Waals surface area contributed by atoms with Crippen LogP contribution in [0.4, 0.5) is 11.5 Å². The molecule has 1 saturated heterocycles. The number of aromatic nitrogens is 2. The number of anilines is 2. The molecular weight excluding hydrogens is 414 g/mol. The van der Waals surface area contributed by atoms with Crippen LogP contribution in [0, 0.1) is 6.92 Å². The fourth-order valence-electron chi connectivity index (χ4n) is 3.64. The Morgan fingerprint density at radius 2 is 1.90 bits per heavy atom. The van der Waals surface area contributed by atoms with Crippen molar-refractivity contribution >= 4 is 22.1 Å². The molecule has 2 heterocycles. The standard InChI is InChI=1S/C22H35N5O3S/c1-17-14-18(6-7-20(17)23-2)22-24-19(16-31(28,29)13-5-8-26(3)4)15-21(25-22)27-9-11-30-12-10-27/h6-7,14-15,23,28-29H,5,8-13,16H2,1-4H3. The Labute approximate surface area is 187 Å². The molecule has 1 aliphatic heterocycles. The van der Waals surface area contributed by atoms with Crippen molar-refractivity contribution in [2.24, 2.45) is 0 Å². The van der Waals surface area contributed by atoms with E-state index in [1.165, 1.54) is 0 Å². The van der Waals surface area contributed by atoms with Gasteiger partial charge in [-0.05, 0) is 57.7 Å². The van der Waals surface area contributed by atoms with Crippen LogP contribution in [-0.2, 0) is 10.5 Å². The van der Waals surface area contributed by atoms with Crippen LogP contribution in [0.3, 0.4) is 0 Å². The number of rotatable bonds is 9. The predicted molar refractivity (Wildman–Crippen MR) is 129 cm³/mol. The summed E-state index contributed by atoms with van der Waals surface area (Å²) in [6.45, 7) is 5.69. The van der Waals surface area contributed by atoms with E-state index in [9.17, 15) is 9.11 Å². The van der Waals surface area contributed by atoms with Gasteiger partial charge in [0.2, 0.25) is 0 Å². The molecule has 0 spiro atoms. The number of nitrogens with zero attached hydrogens (tertiary/aromatic N) is 4. The summed E-state index contributed by atoms with van der Waals surface area (Å²) < 4.78 is 26.8. The van der Waals surface area contributed by atoms with Crippen molar-refractivity contribution in [3.8, 4) is 11.4 Å². The van der Waals surface area contributed by atoms with E-state index in [0.717, 1.165) is 48.7 Å². The van der Waals surface area contributed by atoms with Crippen LogP contribution < -0.4 is 10.2 Å². The van der Waals surface area contributed by atoms with Crippen LogP contribution in [0.15, 0.2) is 24.3 Å². The van der Waals surface area contributed by atoms with E-state index in [0.29, 0.717) is 30.5 Å². The molecule has 1 fully saturated rings. The Balaban J connectivity index is 1.90. The molecule has 0 unspecified atom stereocenters. The first-order valence-corrected chi connectivity index (χ1v) is 12.5. The second-order valence-corrected chi connectivity index (χ2v) is 10.5. The smallest absolute Gasteiger partial charge is 0.161 e. The van der Waals surface area contributed by atoms with Gasteiger partial charge in [0, 0.05) is 43.2 Å². The largest absolute Gasteiger partial charge is 0.388 e. The van der Waals surface area contributed by atoms with Crippen molar-refractivity contribution < 1.29 is 13.8 Å². The summed E-state index contributed by atoms with van der Waals surface area (Å²) >= 11 is 0. The van der Waals surface area contributed by atoms with Crippen molar-refractivity contribution in [3.05, 3.63) is 35.5 Å². The molecule has 0 aliphatic carbocycles. The maximum Gasteiger partial charge on any atom is 0.161 e. The lowest BCUT2D eigenvalue weighted by Crippen LogP contribution is -2.37. The summed E-state index contributed by atoms with van der Waals surface area (Å²) in [6, 6.07) is 7.97. The van der Waals surface area contributed by atoms with Gasteiger partial charge in [-0.15, -0.1) is 0 Å². The van der Waals surface area contributed by atoms with Gasteiger partial charge in [-0.1, -0.05) is 0 Å². The van der Waals surface area contributed by atoms with Gasteiger partial charge in [-0.2, -0.15) is 10.6 Å². The fraction of sp³-hybridized carbons (Fsp3) is 0.545. The van der Waals surface area contributed by atoms with Crippen LogP contribution in [0.2, 0.25) is 0 Å². The minimum absolute atomic E-state index is 0.140. The summed E-state index contributed by atoms with van der Waals surface area (Å²) in [7, 11) is 3.10. The second-order valence-electron chi connectivity index (χ2n) is 8.23. The van der Waals surface area contributed by atoms with E-state index in [1.54, 1.807) is 0 Å². The molecule has 9 heteroatoms. The monoisotopic (exact) mass is 449 g/mol. The van der Waals surface area contributed by atoms with E-state index in [4.69, 9.17) is 14.7 Å². The van der Waals surface area contributed by atoms with E-state index in [2.05, 4.69) is 16.3 Å². The minimum Gasteiger partial charge on any atom is -0.388 e. The van der Waals surface area contributed by atoms with Crippen LogP contribution in [-0.4, -0.2) is 83.7 Å². The molecule has 1 aliphatic rings. The lowest BCUT2D eigenvalue weighted by Gasteiger charge is -2.33. The Bertz CT molecular complexity index is 872. The SMILES string of the molecule is CNc1ccc(-c2nc(CS(O)(O)CCCN(C)C)cc(N3CCOCC3)n2)cc1C. The molecule has 1 aromatic carbocycles. The third-order valence-corrected chi connectivity index (χ3v) is 7.01. The fourth-order valence-corrected chi connectivity index (χ4v) is 5.00. The number of hydrogen-bond acceptors (Lipinski definition) is 8. The molecule has 31 heavy (non-hydrogen) atoms. The van der Waals surface area contributed by atoms with E-state index in [-0.39, 0.29) is 5.75 Å². The average Bonchev–Trinajstić information content (AvgIpc) is 2.73. The second kappa shape index (κ2) is 10.6. The van der Waals surface area contributed by atoms with E-state index < -0.39 is 10.6 Å². The van der Waals surface area contributed by atoms with Gasteiger partial charge >= 0.3 is 0 Å². The van der Waals surface area contributed by atoms with Crippen molar-refractivity contribution in [2.45, 2.75) is 19.1 Å². The topological polar surface area (TPSA) is 94.0 Å². The number of ether oxygens (including phenoxy) is 1. The van der Waals surface area contributed by atoms with E-state index in [1.807, 2.05) is 51.2 Å². The van der Waals surface area contributed by atoms with Gasteiger partial charge in [0.25, 0.3) is 0 Å².